The number of fused-ring (bicyclic) bond motifs is 1. The number of carbonyl (C=O) groups excluding carboxylic acids is 1. The van der Waals surface area contributed by atoms with Gasteiger partial charge in [-0.05, 0) is 48.7 Å². The Morgan fingerprint density at radius 1 is 1.07 bits per heavy atom. The molecule has 2 N–H and O–H groups in total. The first-order valence-corrected chi connectivity index (χ1v) is 9.46. The first-order chi connectivity index (χ1) is 13.0. The van der Waals surface area contributed by atoms with E-state index in [0.29, 0.717) is 59.0 Å². The van der Waals surface area contributed by atoms with Gasteiger partial charge in [-0.1, -0.05) is 35.3 Å². The van der Waals surface area contributed by atoms with Crippen molar-refractivity contribution in [1.29, 1.82) is 0 Å². The van der Waals surface area contributed by atoms with Crippen LogP contribution in [0.4, 0.5) is 0 Å². The summed E-state index contributed by atoms with van der Waals surface area (Å²) < 4.78 is 0. The lowest BCUT2D eigenvalue weighted by atomic mass is 10.1. The van der Waals surface area contributed by atoms with Gasteiger partial charge in [0, 0.05) is 29.4 Å². The number of aryl methyl sites for hydroxylation is 1. The number of benzene rings is 2. The maximum absolute atomic E-state index is 12.0. The fraction of sp³-hybridized carbons (Fsp3) is 0.250. The standard InChI is InChI=1S/C20H19Cl2N3O2/c21-14-10-13(11-15(22)12-14)8-9-23-19(26)7-3-6-18-24-17-5-2-1-4-16(17)20(27)25-18/h1-2,4-5,10-12H,3,6-9H2,(H,23,26)(H,24,25,27). The Labute approximate surface area is 166 Å². The Hall–Kier alpha value is -2.37. The van der Waals surface area contributed by atoms with Crippen molar-refractivity contribution in [1.82, 2.24) is 15.3 Å². The molecule has 0 radical (unpaired) electrons. The number of aromatic amines is 1. The van der Waals surface area contributed by atoms with Crippen molar-refractivity contribution in [3.63, 3.8) is 0 Å². The van der Waals surface area contributed by atoms with Crippen molar-refractivity contribution in [3.8, 4) is 0 Å². The zero-order chi connectivity index (χ0) is 19.2. The molecule has 7 heteroatoms. The van der Waals surface area contributed by atoms with Crippen molar-refractivity contribution in [2.24, 2.45) is 0 Å². The van der Waals surface area contributed by atoms with Gasteiger partial charge in [0.15, 0.2) is 0 Å². The Morgan fingerprint density at radius 3 is 2.59 bits per heavy atom. The van der Waals surface area contributed by atoms with E-state index in [0.717, 1.165) is 5.56 Å². The number of halogens is 2. The van der Waals surface area contributed by atoms with Crippen LogP contribution in [0.5, 0.6) is 0 Å². The predicted molar refractivity (Wildman–Crippen MR) is 108 cm³/mol. The van der Waals surface area contributed by atoms with E-state index in [9.17, 15) is 9.59 Å². The predicted octanol–water partition coefficient (Wildman–Crippen LogP) is 3.91. The largest absolute Gasteiger partial charge is 0.356 e. The number of amides is 1. The quantitative estimate of drug-likeness (QED) is 0.627. The number of rotatable bonds is 7. The maximum Gasteiger partial charge on any atom is 0.258 e. The number of H-pyrrole nitrogens is 1. The fourth-order valence-corrected chi connectivity index (χ4v) is 3.43. The molecule has 1 aromatic heterocycles. The zero-order valence-corrected chi connectivity index (χ0v) is 16.1. The average molecular weight is 404 g/mol. The van der Waals surface area contributed by atoms with E-state index in [2.05, 4.69) is 15.3 Å². The third-order valence-corrected chi connectivity index (χ3v) is 4.57. The van der Waals surface area contributed by atoms with Crippen LogP contribution in [0, 0.1) is 0 Å². The Bertz CT molecular complexity index is 997. The van der Waals surface area contributed by atoms with Gasteiger partial charge in [0.1, 0.15) is 5.82 Å². The Kier molecular flexibility index (Phi) is 6.48. The van der Waals surface area contributed by atoms with Crippen molar-refractivity contribution >= 4 is 40.0 Å². The van der Waals surface area contributed by atoms with E-state index in [1.54, 1.807) is 18.2 Å². The minimum atomic E-state index is -0.153. The second-order valence-electron chi connectivity index (χ2n) is 6.26. The molecule has 1 heterocycles. The van der Waals surface area contributed by atoms with Crippen LogP contribution in [0.1, 0.15) is 24.2 Å². The van der Waals surface area contributed by atoms with Crippen LogP contribution >= 0.6 is 23.2 Å². The molecule has 5 nitrogen and oxygen atoms in total. The van der Waals surface area contributed by atoms with Gasteiger partial charge < -0.3 is 10.3 Å². The minimum Gasteiger partial charge on any atom is -0.356 e. The van der Waals surface area contributed by atoms with Gasteiger partial charge in [-0.25, -0.2) is 4.98 Å². The van der Waals surface area contributed by atoms with E-state index in [-0.39, 0.29) is 11.5 Å². The highest BCUT2D eigenvalue weighted by Crippen LogP contribution is 2.19. The highest BCUT2D eigenvalue weighted by Gasteiger charge is 2.06. The summed E-state index contributed by atoms with van der Waals surface area (Å²) in [5, 5.41) is 4.62. The molecule has 2 aromatic carbocycles. The van der Waals surface area contributed by atoms with Gasteiger partial charge in [-0.15, -0.1) is 0 Å². The van der Waals surface area contributed by atoms with Crippen molar-refractivity contribution in [2.45, 2.75) is 25.7 Å². The highest BCUT2D eigenvalue weighted by molar-refractivity contribution is 6.34. The molecule has 0 spiro atoms. The van der Waals surface area contributed by atoms with E-state index in [1.165, 1.54) is 0 Å². The molecule has 0 atom stereocenters. The molecule has 1 amide bonds. The second kappa shape index (κ2) is 9.02. The van der Waals surface area contributed by atoms with Gasteiger partial charge >= 0.3 is 0 Å². The summed E-state index contributed by atoms with van der Waals surface area (Å²) in [5.41, 5.74) is 1.49. The molecule has 27 heavy (non-hydrogen) atoms. The van der Waals surface area contributed by atoms with Crippen LogP contribution in [0.15, 0.2) is 47.3 Å². The van der Waals surface area contributed by atoms with E-state index >= 15 is 0 Å². The highest BCUT2D eigenvalue weighted by atomic mass is 35.5. The summed E-state index contributed by atoms with van der Waals surface area (Å²) in [4.78, 5) is 31.2. The lowest BCUT2D eigenvalue weighted by molar-refractivity contribution is -0.121. The zero-order valence-electron chi connectivity index (χ0n) is 14.6. The van der Waals surface area contributed by atoms with Crippen molar-refractivity contribution in [2.75, 3.05) is 6.54 Å². The summed E-state index contributed by atoms with van der Waals surface area (Å²) in [6, 6.07) is 12.5. The molecule has 0 aliphatic carbocycles. The van der Waals surface area contributed by atoms with Crippen molar-refractivity contribution < 1.29 is 4.79 Å². The molecule has 0 aliphatic heterocycles. The molecule has 0 aliphatic rings. The number of carbonyl (C=O) groups is 1. The minimum absolute atomic E-state index is 0.0359. The lowest BCUT2D eigenvalue weighted by Crippen LogP contribution is -2.25. The molecule has 0 saturated carbocycles. The molecule has 3 aromatic rings. The van der Waals surface area contributed by atoms with Gasteiger partial charge in [-0.2, -0.15) is 0 Å². The van der Waals surface area contributed by atoms with E-state index < -0.39 is 0 Å². The lowest BCUT2D eigenvalue weighted by Gasteiger charge is -2.07. The topological polar surface area (TPSA) is 74.8 Å². The Balaban J connectivity index is 1.45. The molecule has 3 rings (SSSR count). The van der Waals surface area contributed by atoms with E-state index in [4.69, 9.17) is 23.2 Å². The molecular formula is C20H19Cl2N3O2. The molecule has 0 fully saturated rings. The van der Waals surface area contributed by atoms with Crippen LogP contribution in [0.3, 0.4) is 0 Å². The van der Waals surface area contributed by atoms with Gasteiger partial charge in [-0.3, -0.25) is 9.59 Å². The molecule has 0 bridgehead atoms. The fourth-order valence-electron chi connectivity index (χ4n) is 2.86. The van der Waals surface area contributed by atoms with Gasteiger partial charge in [0.2, 0.25) is 5.91 Å². The third-order valence-electron chi connectivity index (χ3n) is 4.14. The Morgan fingerprint density at radius 2 is 1.81 bits per heavy atom. The second-order valence-corrected chi connectivity index (χ2v) is 7.13. The van der Waals surface area contributed by atoms with Crippen LogP contribution in [0.2, 0.25) is 10.0 Å². The van der Waals surface area contributed by atoms with Crippen LogP contribution in [0.25, 0.3) is 10.9 Å². The number of nitrogens with one attached hydrogen (secondary N) is 2. The maximum atomic E-state index is 12.0. The summed E-state index contributed by atoms with van der Waals surface area (Å²) in [7, 11) is 0. The van der Waals surface area contributed by atoms with Crippen LogP contribution < -0.4 is 10.9 Å². The monoisotopic (exact) mass is 403 g/mol. The molecule has 0 unspecified atom stereocenters. The normalized spacial score (nSPS) is 10.9. The number of hydrogen-bond donors (Lipinski definition) is 2. The molecule has 140 valence electrons. The average Bonchev–Trinajstić information content (AvgIpc) is 2.61. The summed E-state index contributed by atoms with van der Waals surface area (Å²) in [5.74, 6) is 0.561. The third kappa shape index (κ3) is 5.55. The van der Waals surface area contributed by atoms with E-state index in [1.807, 2.05) is 24.3 Å². The number of para-hydroxylation sites is 1. The molecule has 0 saturated heterocycles. The van der Waals surface area contributed by atoms with Gasteiger partial charge in [0.05, 0.1) is 10.9 Å². The van der Waals surface area contributed by atoms with Gasteiger partial charge in [0.25, 0.3) is 5.56 Å². The summed E-state index contributed by atoms with van der Waals surface area (Å²) in [6.45, 7) is 0.514. The smallest absolute Gasteiger partial charge is 0.258 e. The van der Waals surface area contributed by atoms with Crippen LogP contribution in [-0.4, -0.2) is 22.4 Å². The number of hydrogen-bond acceptors (Lipinski definition) is 3. The number of aromatic nitrogens is 2. The summed E-state index contributed by atoms with van der Waals surface area (Å²) in [6.07, 6.45) is 2.17. The molecular weight excluding hydrogens is 385 g/mol. The first-order valence-electron chi connectivity index (χ1n) is 8.71. The van der Waals surface area contributed by atoms with Crippen molar-refractivity contribution in [3.05, 3.63) is 74.3 Å². The number of nitrogens with zero attached hydrogens (tertiary/aromatic N) is 1. The summed E-state index contributed by atoms with van der Waals surface area (Å²) >= 11 is 11.9. The first kappa shape index (κ1) is 19.4. The SMILES string of the molecule is O=C(CCCc1nc2ccccc2c(=O)[nH]1)NCCc1cc(Cl)cc(Cl)c1. The van der Waals surface area contributed by atoms with Crippen LogP contribution in [-0.2, 0) is 17.6 Å².